The number of aryl methyl sites for hydroxylation is 2. The summed E-state index contributed by atoms with van der Waals surface area (Å²) in [7, 11) is 0. The first-order valence-corrected chi connectivity index (χ1v) is 21.3. The number of nitrogens with one attached hydrogen (secondary N) is 1. The van der Waals surface area contributed by atoms with Gasteiger partial charge in [-0.15, -0.1) is 11.3 Å². The number of nitrogens with zero attached hydrogens (tertiary/aromatic N) is 4. The second-order valence-corrected chi connectivity index (χ2v) is 17.2. The van der Waals surface area contributed by atoms with Gasteiger partial charge in [0.15, 0.2) is 0 Å². The van der Waals surface area contributed by atoms with Crippen molar-refractivity contribution in [3.63, 3.8) is 0 Å². The molecule has 1 unspecified atom stereocenters. The summed E-state index contributed by atoms with van der Waals surface area (Å²) in [5.74, 6) is 0.250. The maximum Gasteiger partial charge on any atom is 0.407 e. The highest BCUT2D eigenvalue weighted by molar-refractivity contribution is 7.13. The number of benzene rings is 1. The van der Waals surface area contributed by atoms with E-state index in [1.165, 1.54) is 87.9 Å². The highest BCUT2D eigenvalue weighted by atomic mass is 32.1. The minimum Gasteiger partial charge on any atom is -0.444 e. The first-order valence-electron chi connectivity index (χ1n) is 20.4. The van der Waals surface area contributed by atoms with Crippen LogP contribution in [0.5, 0.6) is 0 Å². The molecule has 2 fully saturated rings. The van der Waals surface area contributed by atoms with Crippen molar-refractivity contribution < 1.29 is 23.9 Å². The van der Waals surface area contributed by atoms with Crippen LogP contribution in [0.15, 0.2) is 29.8 Å². The number of carbonyl (C=O) groups excluding carboxylic acids is 4. The number of primary amides is 1. The number of likely N-dealkylation sites (tertiary alicyclic amines) is 1. The molecule has 56 heavy (non-hydrogen) atoms. The van der Waals surface area contributed by atoms with Gasteiger partial charge >= 0.3 is 6.09 Å². The minimum absolute atomic E-state index is 0.0871. The first-order chi connectivity index (χ1) is 26.4. The zero-order chi connectivity index (χ0) is 42.6. The van der Waals surface area contributed by atoms with Gasteiger partial charge in [0.1, 0.15) is 11.9 Å². The van der Waals surface area contributed by atoms with Crippen LogP contribution in [0, 0.1) is 12.3 Å². The van der Waals surface area contributed by atoms with Gasteiger partial charge in [-0.1, -0.05) is 71.7 Å². The molecular formula is C43H77N7O5S. The van der Waals surface area contributed by atoms with E-state index in [0.29, 0.717) is 13.0 Å². The van der Waals surface area contributed by atoms with Crippen molar-refractivity contribution >= 4 is 36.0 Å². The smallest absolute Gasteiger partial charge is 0.407 e. The van der Waals surface area contributed by atoms with E-state index in [1.807, 2.05) is 31.2 Å². The standard InChI is InChI=1S/C16H33N3O2.C14H17NS.C10H20N2O.C2H4O.CH3NO/c1-5-18-11-13-19(14-12-18)10-8-6-7-9-17-15(20)21-16(2,3)4;1-3-4-5-12-6-8-13(9-7-12)14-11(2)15-10-16-14;1-10(2,3)6-9(13)12-5-4-8(11)7-12;1-2-3;2-1-3/h5-14H2,1-4H3,(H,17,20);6-10H,3-5H2,1-2H3;8H,4-7,11H2,1-3H3;2H,1H3;1H,(H2,2,3). The average molecular weight is 804 g/mol. The van der Waals surface area contributed by atoms with Crippen LogP contribution in [0.4, 0.5) is 4.79 Å². The van der Waals surface area contributed by atoms with Crippen molar-refractivity contribution in [2.24, 2.45) is 16.9 Å². The van der Waals surface area contributed by atoms with E-state index in [0.717, 1.165) is 44.3 Å². The van der Waals surface area contributed by atoms with Crippen molar-refractivity contribution in [1.29, 1.82) is 0 Å². The average Bonchev–Trinajstić information content (AvgIpc) is 3.77. The van der Waals surface area contributed by atoms with Crippen LogP contribution in [-0.4, -0.2) is 115 Å². The molecule has 4 rings (SSSR count). The lowest BCUT2D eigenvalue weighted by Crippen LogP contribution is -2.46. The Balaban J connectivity index is 0.000000772. The summed E-state index contributed by atoms with van der Waals surface area (Å²) in [6.45, 7) is 29.3. The molecule has 2 aliphatic heterocycles. The third-order valence-electron chi connectivity index (χ3n) is 8.77. The minimum atomic E-state index is -0.412. The number of ether oxygens (including phenoxy) is 1. The molecule has 12 nitrogen and oxygen atoms in total. The van der Waals surface area contributed by atoms with Crippen LogP contribution in [0.2, 0.25) is 0 Å². The van der Waals surface area contributed by atoms with Crippen LogP contribution in [0.25, 0.3) is 10.4 Å². The summed E-state index contributed by atoms with van der Waals surface area (Å²) >= 11 is 1.72. The van der Waals surface area contributed by atoms with Crippen LogP contribution in [0.1, 0.15) is 119 Å². The van der Waals surface area contributed by atoms with Gasteiger partial charge in [0.05, 0.1) is 16.1 Å². The van der Waals surface area contributed by atoms with Gasteiger partial charge in [-0.2, -0.15) is 0 Å². The van der Waals surface area contributed by atoms with E-state index in [-0.39, 0.29) is 29.9 Å². The van der Waals surface area contributed by atoms with Gasteiger partial charge in [-0.25, -0.2) is 9.78 Å². The number of carbonyl (C=O) groups is 4. The zero-order valence-electron chi connectivity index (χ0n) is 36.5. The molecule has 3 amide bonds. The number of unbranched alkanes of at least 4 members (excludes halogenated alkanes) is 3. The van der Waals surface area contributed by atoms with Crippen molar-refractivity contribution in [2.45, 2.75) is 132 Å². The van der Waals surface area contributed by atoms with Crippen molar-refractivity contribution in [1.82, 2.24) is 25.0 Å². The fraction of sp³-hybridized carbons (Fsp3) is 0.698. The van der Waals surface area contributed by atoms with Crippen LogP contribution >= 0.6 is 11.3 Å². The normalized spacial score (nSPS) is 15.6. The summed E-state index contributed by atoms with van der Waals surface area (Å²) in [6.07, 6.45) is 9.39. The highest BCUT2D eigenvalue weighted by Crippen LogP contribution is 2.27. The molecule has 0 spiro atoms. The number of thiazole rings is 1. The van der Waals surface area contributed by atoms with Crippen LogP contribution in [-0.2, 0) is 25.5 Å². The molecule has 320 valence electrons. The summed E-state index contributed by atoms with van der Waals surface area (Å²) < 4.78 is 5.20. The Hall–Kier alpha value is -3.39. The second kappa shape index (κ2) is 29.8. The molecule has 0 bridgehead atoms. The van der Waals surface area contributed by atoms with E-state index >= 15 is 0 Å². The molecule has 1 atom stereocenters. The largest absolute Gasteiger partial charge is 0.444 e. The summed E-state index contributed by atoms with van der Waals surface area (Å²) in [6, 6.07) is 9.11. The molecular weight excluding hydrogens is 727 g/mol. The molecule has 1 aromatic heterocycles. The Kier molecular flexibility index (Phi) is 28.0. The Morgan fingerprint density at radius 2 is 1.54 bits per heavy atom. The number of piperazine rings is 1. The van der Waals surface area contributed by atoms with E-state index in [1.54, 1.807) is 11.3 Å². The van der Waals surface area contributed by atoms with Crippen molar-refractivity contribution in [3.05, 3.63) is 41.0 Å². The SMILES string of the molecule is CC(C)(C)CC(=O)N1CCC(N)C1.CC=O.CCCCc1ccc(-c2scnc2C)cc1.CCN1CCN(CCCCCNC(=O)OC(C)(C)C)CC1.NC=O. The Morgan fingerprint density at radius 1 is 0.946 bits per heavy atom. The molecule has 2 saturated heterocycles. The Bertz CT molecular complexity index is 1330. The molecule has 2 aliphatic rings. The maximum atomic E-state index is 11.7. The maximum absolute atomic E-state index is 11.7. The molecule has 2 aromatic rings. The van der Waals surface area contributed by atoms with Crippen LogP contribution in [0.3, 0.4) is 0 Å². The van der Waals surface area contributed by atoms with Gasteiger partial charge in [0.2, 0.25) is 12.3 Å². The summed E-state index contributed by atoms with van der Waals surface area (Å²) in [5, 5.41) is 2.81. The number of nitrogens with two attached hydrogens (primary N) is 2. The molecule has 1 aromatic carbocycles. The summed E-state index contributed by atoms with van der Waals surface area (Å²) in [5.41, 5.74) is 15.3. The van der Waals surface area contributed by atoms with E-state index in [9.17, 15) is 9.59 Å². The lowest BCUT2D eigenvalue weighted by molar-refractivity contribution is -0.132. The van der Waals surface area contributed by atoms with E-state index in [2.05, 4.69) is 91.6 Å². The third-order valence-corrected chi connectivity index (χ3v) is 9.75. The number of rotatable bonds is 12. The van der Waals surface area contributed by atoms with Gasteiger partial charge < -0.3 is 41.0 Å². The molecule has 13 heteroatoms. The number of hydrogen-bond donors (Lipinski definition) is 3. The predicted molar refractivity (Wildman–Crippen MR) is 233 cm³/mol. The molecule has 5 N–H and O–H groups in total. The number of likely N-dealkylation sites (N-methyl/N-ethyl adjacent to an activating group) is 1. The molecule has 0 radical (unpaired) electrons. The van der Waals surface area contributed by atoms with Crippen LogP contribution < -0.4 is 16.8 Å². The third kappa shape index (κ3) is 26.5. The number of hydrogen-bond acceptors (Lipinski definition) is 10. The predicted octanol–water partition coefficient (Wildman–Crippen LogP) is 7.07. The Labute approximate surface area is 343 Å². The van der Waals surface area contributed by atoms with Gasteiger partial charge in [-0.3, -0.25) is 9.59 Å². The quantitative estimate of drug-likeness (QED) is 0.150. The zero-order valence-corrected chi connectivity index (χ0v) is 37.3. The lowest BCUT2D eigenvalue weighted by Gasteiger charge is -2.33. The number of amides is 3. The van der Waals surface area contributed by atoms with E-state index in [4.69, 9.17) is 20.1 Å². The number of aromatic nitrogens is 1. The Morgan fingerprint density at radius 3 is 2.00 bits per heavy atom. The molecule has 3 heterocycles. The number of aldehydes is 1. The van der Waals surface area contributed by atoms with Gasteiger partial charge in [0, 0.05) is 58.3 Å². The first kappa shape index (κ1) is 52.6. The highest BCUT2D eigenvalue weighted by Gasteiger charge is 2.26. The molecule has 0 saturated carbocycles. The van der Waals surface area contributed by atoms with E-state index < -0.39 is 5.60 Å². The second-order valence-electron chi connectivity index (χ2n) is 16.3. The fourth-order valence-corrected chi connectivity index (χ4v) is 6.64. The fourth-order valence-electron chi connectivity index (χ4n) is 5.83. The topological polar surface area (TPSA) is 164 Å². The number of alkyl carbamates (subject to hydrolysis) is 1. The van der Waals surface area contributed by atoms with Gasteiger partial charge in [0.25, 0.3) is 0 Å². The monoisotopic (exact) mass is 804 g/mol. The molecule has 0 aliphatic carbocycles. The lowest BCUT2D eigenvalue weighted by atomic mass is 9.92. The van der Waals surface area contributed by atoms with Crippen molar-refractivity contribution in [2.75, 3.05) is 58.9 Å². The summed E-state index contributed by atoms with van der Waals surface area (Å²) in [4.78, 5) is 53.0. The van der Waals surface area contributed by atoms with Crippen molar-refractivity contribution in [3.8, 4) is 10.4 Å². The van der Waals surface area contributed by atoms with Gasteiger partial charge in [-0.05, 0) is 96.4 Å².